The Balaban J connectivity index is 2.14. The highest BCUT2D eigenvalue weighted by Crippen LogP contribution is 2.23. The second-order valence-corrected chi connectivity index (χ2v) is 7.79. The molecule has 0 heterocycles. The number of amides is 2. The van der Waals surface area contributed by atoms with Gasteiger partial charge in [-0.15, -0.1) is 0 Å². The minimum atomic E-state index is -0.711. The minimum Gasteiger partial charge on any atom is -0.340 e. The van der Waals surface area contributed by atoms with Crippen LogP contribution in [0.15, 0.2) is 48.5 Å². The Morgan fingerprint density at radius 2 is 1.93 bits per heavy atom. The van der Waals surface area contributed by atoms with Crippen LogP contribution in [0.3, 0.4) is 0 Å². The van der Waals surface area contributed by atoms with E-state index in [-0.39, 0.29) is 24.0 Å². The highest BCUT2D eigenvalue weighted by atomic mass is 35.5. The van der Waals surface area contributed by atoms with Crippen molar-refractivity contribution >= 4 is 40.9 Å². The molecule has 0 saturated heterocycles. The van der Waals surface area contributed by atoms with Crippen molar-refractivity contribution in [1.29, 1.82) is 0 Å². The molecule has 1 atom stereocenters. The lowest BCUT2D eigenvalue weighted by atomic mass is 10.1. The first kappa shape index (κ1) is 22.7. The fourth-order valence-electron chi connectivity index (χ4n) is 2.72. The molecule has 2 rings (SSSR count). The Labute approximate surface area is 178 Å². The average Bonchev–Trinajstić information content (AvgIpc) is 2.72. The van der Waals surface area contributed by atoms with E-state index in [1.165, 1.54) is 23.1 Å². The van der Waals surface area contributed by atoms with Crippen molar-refractivity contribution in [3.05, 3.63) is 74.8 Å². The summed E-state index contributed by atoms with van der Waals surface area (Å²) in [6.07, 6.45) is 2.39. The standard InChI is InChI=1S/C20H22ClN3O4S/c1-23(13-15-12-16(24(27)28)8-9-17(15)21)20(26)18(10-11-29-2)22-19(25)14-6-4-3-5-7-14/h3-9,12,18H,10-11,13H2,1-2H3,(H,22,25). The van der Waals surface area contributed by atoms with Crippen molar-refractivity contribution in [2.45, 2.75) is 19.0 Å². The number of nitrogens with one attached hydrogen (secondary N) is 1. The lowest BCUT2D eigenvalue weighted by Gasteiger charge is -2.25. The van der Waals surface area contributed by atoms with Crippen LogP contribution in [-0.4, -0.2) is 46.7 Å². The number of carbonyl (C=O) groups is 2. The molecule has 2 amide bonds. The fourth-order valence-corrected chi connectivity index (χ4v) is 3.37. The Kier molecular flexibility index (Phi) is 8.48. The van der Waals surface area contributed by atoms with Gasteiger partial charge in [-0.3, -0.25) is 19.7 Å². The van der Waals surface area contributed by atoms with Crippen LogP contribution >= 0.6 is 23.4 Å². The largest absolute Gasteiger partial charge is 0.340 e. The molecular formula is C20H22ClN3O4S. The van der Waals surface area contributed by atoms with Gasteiger partial charge in [0.05, 0.1) is 4.92 Å². The van der Waals surface area contributed by atoms with Crippen molar-refractivity contribution in [3.8, 4) is 0 Å². The van der Waals surface area contributed by atoms with E-state index in [2.05, 4.69) is 5.32 Å². The van der Waals surface area contributed by atoms with Gasteiger partial charge in [0.15, 0.2) is 0 Å². The Morgan fingerprint density at radius 3 is 2.55 bits per heavy atom. The fraction of sp³-hybridized carbons (Fsp3) is 0.300. The van der Waals surface area contributed by atoms with Gasteiger partial charge in [-0.25, -0.2) is 0 Å². The molecule has 7 nitrogen and oxygen atoms in total. The highest BCUT2D eigenvalue weighted by molar-refractivity contribution is 7.98. The molecule has 9 heteroatoms. The van der Waals surface area contributed by atoms with Crippen molar-refractivity contribution in [3.63, 3.8) is 0 Å². The summed E-state index contributed by atoms with van der Waals surface area (Å²) in [5.74, 6) is 0.0781. The molecule has 0 spiro atoms. The maximum Gasteiger partial charge on any atom is 0.269 e. The van der Waals surface area contributed by atoms with E-state index in [0.29, 0.717) is 28.3 Å². The Hall–Kier alpha value is -2.58. The summed E-state index contributed by atoms with van der Waals surface area (Å²) in [5, 5.41) is 14.1. The van der Waals surface area contributed by atoms with Crippen LogP contribution in [0.2, 0.25) is 5.02 Å². The number of likely N-dealkylation sites (N-methyl/N-ethyl adjacent to an activating group) is 1. The first-order chi connectivity index (χ1) is 13.8. The number of carbonyl (C=O) groups excluding carboxylic acids is 2. The van der Waals surface area contributed by atoms with Gasteiger partial charge in [-0.05, 0) is 42.2 Å². The van der Waals surface area contributed by atoms with Crippen molar-refractivity contribution in [2.75, 3.05) is 19.1 Å². The van der Waals surface area contributed by atoms with Crippen LogP contribution in [0, 0.1) is 10.1 Å². The van der Waals surface area contributed by atoms with Crippen LogP contribution in [0.1, 0.15) is 22.3 Å². The molecule has 29 heavy (non-hydrogen) atoms. The number of benzene rings is 2. The Bertz CT molecular complexity index is 879. The number of non-ortho nitro benzene ring substituents is 1. The normalized spacial score (nSPS) is 11.6. The highest BCUT2D eigenvalue weighted by Gasteiger charge is 2.25. The van der Waals surface area contributed by atoms with Crippen LogP contribution in [0.25, 0.3) is 0 Å². The molecule has 0 radical (unpaired) electrons. The van der Waals surface area contributed by atoms with E-state index in [4.69, 9.17) is 11.6 Å². The number of nitro benzene ring substituents is 1. The first-order valence-electron chi connectivity index (χ1n) is 8.86. The number of halogens is 1. The minimum absolute atomic E-state index is 0.0936. The first-order valence-corrected chi connectivity index (χ1v) is 10.6. The van der Waals surface area contributed by atoms with E-state index in [1.54, 1.807) is 43.1 Å². The molecule has 154 valence electrons. The van der Waals surface area contributed by atoms with Crippen LogP contribution in [0.5, 0.6) is 0 Å². The van der Waals surface area contributed by atoms with Crippen molar-refractivity contribution < 1.29 is 14.5 Å². The zero-order chi connectivity index (χ0) is 21.4. The number of rotatable bonds is 9. The molecule has 0 fully saturated rings. The maximum absolute atomic E-state index is 13.0. The average molecular weight is 436 g/mol. The lowest BCUT2D eigenvalue weighted by molar-refractivity contribution is -0.384. The van der Waals surface area contributed by atoms with Gasteiger partial charge in [-0.1, -0.05) is 29.8 Å². The monoisotopic (exact) mass is 435 g/mol. The smallest absolute Gasteiger partial charge is 0.269 e. The van der Waals surface area contributed by atoms with Gasteiger partial charge in [0.25, 0.3) is 11.6 Å². The molecular weight excluding hydrogens is 414 g/mol. The third kappa shape index (κ3) is 6.47. The van der Waals surface area contributed by atoms with Gasteiger partial charge in [-0.2, -0.15) is 11.8 Å². The number of hydrogen-bond acceptors (Lipinski definition) is 5. The summed E-state index contributed by atoms with van der Waals surface area (Å²) < 4.78 is 0. The molecule has 0 aliphatic rings. The zero-order valence-corrected chi connectivity index (χ0v) is 17.7. The van der Waals surface area contributed by atoms with E-state index in [1.807, 2.05) is 12.3 Å². The van der Waals surface area contributed by atoms with E-state index in [9.17, 15) is 19.7 Å². The molecule has 0 aliphatic carbocycles. The maximum atomic E-state index is 13.0. The van der Waals surface area contributed by atoms with E-state index in [0.717, 1.165) is 0 Å². The molecule has 0 saturated carbocycles. The second kappa shape index (κ2) is 10.8. The van der Waals surface area contributed by atoms with Crippen molar-refractivity contribution in [1.82, 2.24) is 10.2 Å². The van der Waals surface area contributed by atoms with Crippen LogP contribution in [0.4, 0.5) is 5.69 Å². The SMILES string of the molecule is CSCCC(NC(=O)c1ccccc1)C(=O)N(C)Cc1cc([N+](=O)[O-])ccc1Cl. The number of hydrogen-bond donors (Lipinski definition) is 1. The quantitative estimate of drug-likeness (QED) is 0.478. The van der Waals surface area contributed by atoms with Crippen molar-refractivity contribution in [2.24, 2.45) is 0 Å². The topological polar surface area (TPSA) is 92.6 Å². The molecule has 0 aliphatic heterocycles. The summed E-state index contributed by atoms with van der Waals surface area (Å²) in [6.45, 7) is 0.0936. The van der Waals surface area contributed by atoms with Gasteiger partial charge < -0.3 is 10.2 Å². The summed E-state index contributed by atoms with van der Waals surface area (Å²) >= 11 is 7.72. The molecule has 0 aromatic heterocycles. The number of nitrogens with zero attached hydrogens (tertiary/aromatic N) is 2. The van der Waals surface area contributed by atoms with Gasteiger partial charge in [0.1, 0.15) is 6.04 Å². The Morgan fingerprint density at radius 1 is 1.24 bits per heavy atom. The lowest BCUT2D eigenvalue weighted by Crippen LogP contribution is -2.47. The predicted octanol–water partition coefficient (Wildman–Crippen LogP) is 3.76. The molecule has 1 N–H and O–H groups in total. The summed E-state index contributed by atoms with van der Waals surface area (Å²) in [7, 11) is 1.58. The molecule has 2 aromatic rings. The third-order valence-electron chi connectivity index (χ3n) is 4.27. The van der Waals surface area contributed by atoms with E-state index >= 15 is 0 Å². The second-order valence-electron chi connectivity index (χ2n) is 6.40. The molecule has 1 unspecified atom stereocenters. The van der Waals surface area contributed by atoms with Crippen LogP contribution in [-0.2, 0) is 11.3 Å². The van der Waals surface area contributed by atoms with Gasteiger partial charge in [0.2, 0.25) is 5.91 Å². The van der Waals surface area contributed by atoms with E-state index < -0.39 is 11.0 Å². The van der Waals surface area contributed by atoms with Gasteiger partial charge >= 0.3 is 0 Å². The predicted molar refractivity (Wildman–Crippen MR) is 115 cm³/mol. The number of nitro groups is 1. The molecule has 2 aromatic carbocycles. The molecule has 0 bridgehead atoms. The summed E-state index contributed by atoms with van der Waals surface area (Å²) in [5.41, 5.74) is 0.843. The zero-order valence-electron chi connectivity index (χ0n) is 16.1. The van der Waals surface area contributed by atoms with Gasteiger partial charge in [0, 0.05) is 36.3 Å². The summed E-state index contributed by atoms with van der Waals surface area (Å²) in [4.78, 5) is 37.4. The number of thioether (sulfide) groups is 1. The van der Waals surface area contributed by atoms with Crippen LogP contribution < -0.4 is 5.32 Å². The third-order valence-corrected chi connectivity index (χ3v) is 5.29. The summed E-state index contributed by atoms with van der Waals surface area (Å²) in [6, 6.07) is 12.1.